The lowest BCUT2D eigenvalue weighted by Crippen LogP contribution is -2.43. The van der Waals surface area contributed by atoms with Crippen LogP contribution in [-0.2, 0) is 4.74 Å². The number of nitrogens with zero attached hydrogens (tertiary/aromatic N) is 5. The minimum absolute atomic E-state index is 0.128. The van der Waals surface area contributed by atoms with Crippen molar-refractivity contribution in [3.63, 3.8) is 0 Å². The standard InChI is InChI=1S/C9H13FN6O2/c10-5-1-8(18-7(5)3-17)16-6-2-12-4-15(11)9(6)13-14-16/h2,4-5,7-9,17H,1,3,11H2/t5?,7-,8+,9?/m1/s1. The molecule has 0 aromatic rings. The summed E-state index contributed by atoms with van der Waals surface area (Å²) in [4.78, 5) is 3.93. The third-order valence-electron chi connectivity index (χ3n) is 3.09. The summed E-state index contributed by atoms with van der Waals surface area (Å²) in [5, 5.41) is 19.6. The summed E-state index contributed by atoms with van der Waals surface area (Å²) < 4.78 is 18.9. The molecule has 3 rings (SSSR count). The lowest BCUT2D eigenvalue weighted by atomic mass is 10.2. The summed E-state index contributed by atoms with van der Waals surface area (Å²) in [5.74, 6) is 5.67. The van der Waals surface area contributed by atoms with Gasteiger partial charge in [-0.2, -0.15) is 0 Å². The SMILES string of the molecule is NN1C=NC=C2C1N=NN2[C@@H]1CC(F)[C@@H](CO)O1. The first kappa shape index (κ1) is 11.5. The number of aliphatic hydroxyl groups excluding tert-OH is 1. The van der Waals surface area contributed by atoms with Gasteiger partial charge in [-0.1, -0.05) is 5.22 Å². The van der Waals surface area contributed by atoms with Crippen LogP contribution in [0.15, 0.2) is 27.2 Å². The second-order valence-corrected chi connectivity index (χ2v) is 4.25. The van der Waals surface area contributed by atoms with Gasteiger partial charge < -0.3 is 9.84 Å². The first-order valence-corrected chi connectivity index (χ1v) is 5.57. The zero-order valence-electron chi connectivity index (χ0n) is 9.43. The molecule has 0 bridgehead atoms. The maximum atomic E-state index is 13.5. The number of rotatable bonds is 2. The molecule has 1 saturated heterocycles. The van der Waals surface area contributed by atoms with Gasteiger partial charge in [0.1, 0.15) is 24.3 Å². The van der Waals surface area contributed by atoms with E-state index in [-0.39, 0.29) is 13.0 Å². The Morgan fingerprint density at radius 1 is 1.61 bits per heavy atom. The predicted octanol–water partition coefficient (Wildman–Crippen LogP) is -0.500. The van der Waals surface area contributed by atoms with Gasteiger partial charge in [0.15, 0.2) is 6.23 Å². The number of ether oxygens (including phenoxy) is 1. The molecule has 4 atom stereocenters. The molecule has 0 saturated carbocycles. The zero-order valence-corrected chi connectivity index (χ0v) is 9.43. The number of aliphatic imine (C=N–C) groups is 1. The summed E-state index contributed by atoms with van der Waals surface area (Å²) in [5.41, 5.74) is 0.635. The smallest absolute Gasteiger partial charge is 0.202 e. The largest absolute Gasteiger partial charge is 0.394 e. The molecule has 3 aliphatic heterocycles. The van der Waals surface area contributed by atoms with Crippen LogP contribution in [0.4, 0.5) is 4.39 Å². The summed E-state index contributed by atoms with van der Waals surface area (Å²) >= 11 is 0. The molecular formula is C9H13FN6O2. The second kappa shape index (κ2) is 4.26. The van der Waals surface area contributed by atoms with Crippen LogP contribution in [0, 0.1) is 0 Å². The summed E-state index contributed by atoms with van der Waals surface area (Å²) in [6.07, 6.45) is 0.0678. The fourth-order valence-electron chi connectivity index (χ4n) is 2.15. The quantitative estimate of drug-likeness (QED) is 0.649. The second-order valence-electron chi connectivity index (χ2n) is 4.25. The molecule has 0 aromatic carbocycles. The number of fused-ring (bicyclic) bond motifs is 1. The minimum atomic E-state index is -1.21. The highest BCUT2D eigenvalue weighted by Gasteiger charge is 2.43. The molecule has 9 heteroatoms. The Hall–Kier alpha value is -1.58. The van der Waals surface area contributed by atoms with Crippen molar-refractivity contribution in [1.29, 1.82) is 0 Å². The first-order valence-electron chi connectivity index (χ1n) is 5.57. The van der Waals surface area contributed by atoms with Crippen molar-refractivity contribution < 1.29 is 14.2 Å². The number of hydrogen-bond donors (Lipinski definition) is 2. The van der Waals surface area contributed by atoms with E-state index in [1.807, 2.05) is 0 Å². The first-order chi connectivity index (χ1) is 8.70. The molecule has 0 spiro atoms. The fraction of sp³-hybridized carbons (Fsp3) is 0.667. The topological polar surface area (TPSA) is 99.0 Å². The van der Waals surface area contributed by atoms with Crippen molar-refractivity contribution in [3.8, 4) is 0 Å². The Bertz CT molecular complexity index is 427. The van der Waals surface area contributed by atoms with Crippen LogP contribution >= 0.6 is 0 Å². The lowest BCUT2D eigenvalue weighted by molar-refractivity contribution is -0.0613. The van der Waals surface area contributed by atoms with Crippen LogP contribution in [0.5, 0.6) is 0 Å². The van der Waals surface area contributed by atoms with E-state index in [0.717, 1.165) is 0 Å². The Morgan fingerprint density at radius 3 is 3.17 bits per heavy atom. The van der Waals surface area contributed by atoms with E-state index < -0.39 is 24.7 Å². The molecule has 0 aromatic heterocycles. The molecule has 2 unspecified atom stereocenters. The highest BCUT2D eigenvalue weighted by Crippen LogP contribution is 2.33. The van der Waals surface area contributed by atoms with Crippen LogP contribution < -0.4 is 5.84 Å². The molecule has 3 aliphatic rings. The maximum absolute atomic E-state index is 13.5. The fourth-order valence-corrected chi connectivity index (χ4v) is 2.15. The van der Waals surface area contributed by atoms with Gasteiger partial charge in [-0.15, -0.1) is 5.11 Å². The van der Waals surface area contributed by atoms with Crippen LogP contribution in [0.3, 0.4) is 0 Å². The molecule has 0 radical (unpaired) electrons. The average Bonchev–Trinajstić information content (AvgIpc) is 2.93. The molecule has 98 valence electrons. The van der Waals surface area contributed by atoms with E-state index in [2.05, 4.69) is 15.3 Å². The van der Waals surface area contributed by atoms with E-state index in [0.29, 0.717) is 5.70 Å². The van der Waals surface area contributed by atoms with Gasteiger partial charge in [-0.25, -0.2) is 20.2 Å². The molecule has 8 nitrogen and oxygen atoms in total. The predicted molar refractivity (Wildman–Crippen MR) is 58.3 cm³/mol. The maximum Gasteiger partial charge on any atom is 0.202 e. The van der Waals surface area contributed by atoms with E-state index >= 15 is 0 Å². The van der Waals surface area contributed by atoms with E-state index in [1.165, 1.54) is 16.4 Å². The molecule has 3 N–H and O–H groups in total. The minimum Gasteiger partial charge on any atom is -0.394 e. The van der Waals surface area contributed by atoms with Gasteiger partial charge in [-0.05, 0) is 0 Å². The van der Waals surface area contributed by atoms with Gasteiger partial charge in [0.25, 0.3) is 0 Å². The third kappa shape index (κ3) is 1.67. The molecule has 18 heavy (non-hydrogen) atoms. The highest BCUT2D eigenvalue weighted by molar-refractivity contribution is 5.58. The molecular weight excluding hydrogens is 243 g/mol. The Kier molecular flexibility index (Phi) is 2.73. The summed E-state index contributed by atoms with van der Waals surface area (Å²) in [6, 6.07) is 0. The normalized spacial score (nSPS) is 38.3. The van der Waals surface area contributed by atoms with Crippen molar-refractivity contribution in [2.24, 2.45) is 21.2 Å². The van der Waals surface area contributed by atoms with Crippen molar-refractivity contribution >= 4 is 6.34 Å². The third-order valence-corrected chi connectivity index (χ3v) is 3.09. The number of hydrazine groups is 1. The molecule has 3 heterocycles. The van der Waals surface area contributed by atoms with Crippen molar-refractivity contribution in [3.05, 3.63) is 11.9 Å². The molecule has 0 amide bonds. The van der Waals surface area contributed by atoms with Crippen LogP contribution in [0.1, 0.15) is 6.42 Å². The summed E-state index contributed by atoms with van der Waals surface area (Å²) in [6.45, 7) is -0.355. The number of aliphatic hydroxyl groups is 1. The Labute approximate surface area is 102 Å². The van der Waals surface area contributed by atoms with Crippen LogP contribution in [0.2, 0.25) is 0 Å². The average molecular weight is 256 g/mol. The van der Waals surface area contributed by atoms with Gasteiger partial charge >= 0.3 is 0 Å². The van der Waals surface area contributed by atoms with Gasteiger partial charge in [0.2, 0.25) is 6.17 Å². The Balaban J connectivity index is 1.77. The van der Waals surface area contributed by atoms with Gasteiger partial charge in [0.05, 0.1) is 12.8 Å². The number of halogens is 1. The van der Waals surface area contributed by atoms with Crippen molar-refractivity contribution in [2.45, 2.75) is 31.1 Å². The van der Waals surface area contributed by atoms with Crippen LogP contribution in [-0.4, -0.2) is 52.7 Å². The van der Waals surface area contributed by atoms with E-state index in [9.17, 15) is 4.39 Å². The van der Waals surface area contributed by atoms with E-state index in [1.54, 1.807) is 6.20 Å². The van der Waals surface area contributed by atoms with Crippen LogP contribution in [0.25, 0.3) is 0 Å². The highest BCUT2D eigenvalue weighted by atomic mass is 19.1. The zero-order chi connectivity index (χ0) is 12.7. The van der Waals surface area contributed by atoms with Gasteiger partial charge in [0, 0.05) is 6.42 Å². The van der Waals surface area contributed by atoms with E-state index in [4.69, 9.17) is 15.7 Å². The monoisotopic (exact) mass is 256 g/mol. The van der Waals surface area contributed by atoms with Gasteiger partial charge in [-0.3, -0.25) is 5.01 Å². The number of nitrogens with two attached hydrogens (primary N) is 1. The molecule has 0 aliphatic carbocycles. The number of alkyl halides is 1. The van der Waals surface area contributed by atoms with Crippen molar-refractivity contribution in [1.82, 2.24) is 10.0 Å². The summed E-state index contributed by atoms with van der Waals surface area (Å²) in [7, 11) is 0. The van der Waals surface area contributed by atoms with Crippen molar-refractivity contribution in [2.75, 3.05) is 6.61 Å². The number of hydrogen-bond acceptors (Lipinski definition) is 8. The molecule has 1 fully saturated rings. The lowest BCUT2D eigenvalue weighted by Gasteiger charge is -2.27. The Morgan fingerprint density at radius 2 is 2.44 bits per heavy atom.